The molecule has 1 N–H and O–H groups in total. The predicted molar refractivity (Wildman–Crippen MR) is 127 cm³/mol. The van der Waals surface area contributed by atoms with E-state index in [1.165, 1.54) is 103 Å². The summed E-state index contributed by atoms with van der Waals surface area (Å²) in [5.41, 5.74) is 3.55. The van der Waals surface area contributed by atoms with Gasteiger partial charge in [-0.2, -0.15) is 0 Å². The Morgan fingerprint density at radius 2 is 1.27 bits per heavy atom. The van der Waals surface area contributed by atoms with E-state index in [0.717, 1.165) is 28.9 Å². The van der Waals surface area contributed by atoms with Crippen molar-refractivity contribution in [3.05, 3.63) is 0 Å². The number of carbonyl (C=O) groups is 1. The van der Waals surface area contributed by atoms with Crippen molar-refractivity contribution < 1.29 is 9.39 Å². The maximum absolute atomic E-state index is 13.6. The van der Waals surface area contributed by atoms with Crippen molar-refractivity contribution in [2.24, 2.45) is 23.2 Å². The third kappa shape index (κ3) is 6.02. The van der Waals surface area contributed by atoms with Crippen LogP contribution in [0.25, 0.3) is 0 Å². The molecule has 4 saturated carbocycles. The number of quaternary nitrogens is 1. The lowest BCUT2D eigenvalue weighted by atomic mass is 9.49. The topological polar surface area (TPSA) is 29.1 Å². The van der Waals surface area contributed by atoms with E-state index in [4.69, 9.17) is 0 Å². The summed E-state index contributed by atoms with van der Waals surface area (Å²) in [5.74, 6) is 2.90. The molecule has 30 heavy (non-hydrogen) atoms. The molecule has 4 bridgehead atoms. The highest BCUT2D eigenvalue weighted by atomic mass is 16.2. The highest BCUT2D eigenvalue weighted by Crippen LogP contribution is 2.60. The molecule has 1 amide bonds. The second-order valence-corrected chi connectivity index (χ2v) is 11.9. The fraction of sp³-hybridized carbons (Fsp3) is 0.963. The Balaban J connectivity index is 1.40. The van der Waals surface area contributed by atoms with Crippen LogP contribution in [0.3, 0.4) is 0 Å². The summed E-state index contributed by atoms with van der Waals surface area (Å²) in [7, 11) is 2.26. The largest absolute Gasteiger partial charge is 0.271 e. The van der Waals surface area contributed by atoms with Crippen LogP contribution in [0.2, 0.25) is 0 Å². The van der Waals surface area contributed by atoms with Crippen molar-refractivity contribution in [3.8, 4) is 0 Å². The molecule has 4 aliphatic carbocycles. The molecule has 0 aromatic carbocycles. The maximum atomic E-state index is 13.6. The monoisotopic (exact) mass is 419 g/mol. The first-order chi connectivity index (χ1) is 14.4. The van der Waals surface area contributed by atoms with E-state index in [1.54, 1.807) is 0 Å². The second kappa shape index (κ2) is 10.8. The van der Waals surface area contributed by atoms with Gasteiger partial charge in [0.2, 0.25) is 0 Å². The summed E-state index contributed by atoms with van der Waals surface area (Å²) in [6.45, 7) is 7.91. The smallest absolute Gasteiger partial charge is 0.269 e. The van der Waals surface area contributed by atoms with Crippen LogP contribution in [-0.2, 0) is 4.79 Å². The zero-order chi connectivity index (χ0) is 21.6. The number of carbonyl (C=O) groups excluding carboxylic acids is 1. The van der Waals surface area contributed by atoms with E-state index < -0.39 is 0 Å². The van der Waals surface area contributed by atoms with Gasteiger partial charge in [0, 0.05) is 0 Å². The summed E-state index contributed by atoms with van der Waals surface area (Å²) in [6.07, 6.45) is 21.4. The van der Waals surface area contributed by atoms with Gasteiger partial charge in [0.05, 0.1) is 12.5 Å². The number of unbranched alkanes of at least 4 members (excludes halogenated alkanes) is 9. The van der Waals surface area contributed by atoms with Gasteiger partial charge in [0.1, 0.15) is 12.6 Å². The van der Waals surface area contributed by atoms with Gasteiger partial charge in [-0.25, -0.2) is 10.0 Å². The molecule has 1 unspecified atom stereocenters. The molecule has 3 nitrogen and oxygen atoms in total. The van der Waals surface area contributed by atoms with Crippen LogP contribution in [0.15, 0.2) is 0 Å². The lowest BCUT2D eigenvalue weighted by molar-refractivity contribution is -0.963. The molecule has 0 aromatic heterocycles. The highest BCUT2D eigenvalue weighted by molar-refractivity contribution is 5.82. The minimum Gasteiger partial charge on any atom is -0.269 e. The minimum atomic E-state index is -0.0269. The van der Waals surface area contributed by atoms with Crippen molar-refractivity contribution in [1.82, 2.24) is 5.43 Å². The molecule has 4 fully saturated rings. The van der Waals surface area contributed by atoms with E-state index in [2.05, 4.69) is 33.2 Å². The Labute approximate surface area is 187 Å². The number of nitrogens with one attached hydrogen (secondary N) is 1. The third-order valence-corrected chi connectivity index (χ3v) is 8.99. The second-order valence-electron chi connectivity index (χ2n) is 11.9. The Hall–Kier alpha value is -0.570. The standard InChI is InChI=1S/C27H50N2O/c1-5-6-7-8-9-10-11-12-13-14-15-29(4,22(2)3)28-26(30)27-19-23-16-24(20-27)18-25(17-23)21-27/h22-25H,5-21H2,1-4H3/p+1. The molecular formula is C27H51N2O+. The zero-order valence-electron chi connectivity index (χ0n) is 20.7. The highest BCUT2D eigenvalue weighted by Gasteiger charge is 2.55. The van der Waals surface area contributed by atoms with E-state index in [-0.39, 0.29) is 5.41 Å². The molecule has 0 radical (unpaired) electrons. The Morgan fingerprint density at radius 3 is 1.70 bits per heavy atom. The number of amides is 1. The summed E-state index contributed by atoms with van der Waals surface area (Å²) >= 11 is 0. The van der Waals surface area contributed by atoms with Crippen LogP contribution >= 0.6 is 0 Å². The third-order valence-electron chi connectivity index (χ3n) is 8.99. The van der Waals surface area contributed by atoms with E-state index in [1.807, 2.05) is 0 Å². The first-order valence-electron chi connectivity index (χ1n) is 13.5. The van der Waals surface area contributed by atoms with Gasteiger partial charge in [-0.05, 0) is 83.0 Å². The van der Waals surface area contributed by atoms with E-state index in [0.29, 0.717) is 11.9 Å². The van der Waals surface area contributed by atoms with Crippen LogP contribution in [0.4, 0.5) is 0 Å². The van der Waals surface area contributed by atoms with E-state index in [9.17, 15) is 4.79 Å². The Morgan fingerprint density at radius 1 is 0.833 bits per heavy atom. The van der Waals surface area contributed by atoms with Crippen LogP contribution in [-0.4, -0.2) is 30.1 Å². The van der Waals surface area contributed by atoms with E-state index >= 15 is 0 Å². The quantitative estimate of drug-likeness (QED) is 0.183. The number of nitrogens with zero attached hydrogens (tertiary/aromatic N) is 1. The molecule has 0 aliphatic heterocycles. The maximum Gasteiger partial charge on any atom is 0.271 e. The normalized spacial score (nSPS) is 31.8. The summed E-state index contributed by atoms with van der Waals surface area (Å²) in [6, 6.07) is 0.432. The van der Waals surface area contributed by atoms with Gasteiger partial charge < -0.3 is 0 Å². The number of rotatable bonds is 14. The van der Waals surface area contributed by atoms with Crippen LogP contribution in [0, 0.1) is 23.2 Å². The Kier molecular flexibility index (Phi) is 8.70. The fourth-order valence-corrected chi connectivity index (χ4v) is 7.11. The average Bonchev–Trinajstić information content (AvgIpc) is 2.68. The fourth-order valence-electron chi connectivity index (χ4n) is 7.11. The molecular weight excluding hydrogens is 368 g/mol. The van der Waals surface area contributed by atoms with Crippen molar-refractivity contribution in [2.45, 2.75) is 130 Å². The molecule has 3 heteroatoms. The van der Waals surface area contributed by atoms with Gasteiger partial charge in [0.15, 0.2) is 0 Å². The Bertz CT molecular complexity index is 508. The molecule has 4 aliphatic rings. The number of hydrogen-bond donors (Lipinski definition) is 1. The summed E-state index contributed by atoms with van der Waals surface area (Å²) in [4.78, 5) is 13.6. The lowest BCUT2D eigenvalue weighted by Gasteiger charge is -2.56. The minimum absolute atomic E-state index is 0.0269. The van der Waals surface area contributed by atoms with Gasteiger partial charge in [0.25, 0.3) is 5.91 Å². The van der Waals surface area contributed by atoms with Crippen molar-refractivity contribution in [2.75, 3.05) is 13.6 Å². The van der Waals surface area contributed by atoms with Gasteiger partial charge in [-0.15, -0.1) is 0 Å². The lowest BCUT2D eigenvalue weighted by Crippen LogP contribution is -2.66. The van der Waals surface area contributed by atoms with Gasteiger partial charge in [-0.3, -0.25) is 4.79 Å². The molecule has 1 atom stereocenters. The van der Waals surface area contributed by atoms with Crippen molar-refractivity contribution >= 4 is 5.91 Å². The average molecular weight is 420 g/mol. The van der Waals surface area contributed by atoms with Gasteiger partial charge >= 0.3 is 0 Å². The van der Waals surface area contributed by atoms with Crippen LogP contribution < -0.4 is 5.43 Å². The summed E-state index contributed by atoms with van der Waals surface area (Å²) in [5, 5.41) is 0. The first kappa shape index (κ1) is 24.1. The van der Waals surface area contributed by atoms with Crippen LogP contribution in [0.5, 0.6) is 0 Å². The molecule has 174 valence electrons. The SMILES string of the molecule is CCCCCCCCCCCC[N+](C)(NC(=O)C12CC3CC(CC(C3)C1)C2)C(C)C. The first-order valence-corrected chi connectivity index (χ1v) is 13.5. The zero-order valence-corrected chi connectivity index (χ0v) is 20.7. The molecule has 0 aromatic rings. The van der Waals surface area contributed by atoms with Crippen molar-refractivity contribution in [3.63, 3.8) is 0 Å². The summed E-state index contributed by atoms with van der Waals surface area (Å²) < 4.78 is 0.720. The molecule has 0 saturated heterocycles. The predicted octanol–water partition coefficient (Wildman–Crippen LogP) is 7.01. The van der Waals surface area contributed by atoms with Crippen LogP contribution in [0.1, 0.15) is 124 Å². The van der Waals surface area contributed by atoms with Gasteiger partial charge in [-0.1, -0.05) is 58.3 Å². The number of hydrogen-bond acceptors (Lipinski definition) is 1. The van der Waals surface area contributed by atoms with Crippen molar-refractivity contribution in [1.29, 1.82) is 0 Å². The molecule has 4 rings (SSSR count). The molecule has 0 heterocycles. The molecule has 0 spiro atoms.